The number of hydrogen-bond donors (Lipinski definition) is 1. The molecule has 1 saturated heterocycles. The topological polar surface area (TPSA) is 23.5 Å². The summed E-state index contributed by atoms with van der Waals surface area (Å²) in [5.74, 6) is 0.234. The van der Waals surface area contributed by atoms with Crippen molar-refractivity contribution in [2.45, 2.75) is 31.5 Å². The lowest BCUT2D eigenvalue weighted by atomic mass is 9.79. The molecule has 0 amide bonds. The zero-order valence-corrected chi connectivity index (χ0v) is 12.7. The van der Waals surface area contributed by atoms with Gasteiger partial charge in [0.2, 0.25) is 0 Å². The van der Waals surface area contributed by atoms with E-state index < -0.39 is 0 Å². The monoisotopic (exact) mass is 281 g/mol. The third kappa shape index (κ3) is 2.74. The molecular formula is C19H23NO. The van der Waals surface area contributed by atoms with Crippen molar-refractivity contribution in [3.63, 3.8) is 0 Å². The van der Waals surface area contributed by atoms with E-state index >= 15 is 0 Å². The second-order valence-corrected chi connectivity index (χ2v) is 6.11. The van der Waals surface area contributed by atoms with E-state index in [1.54, 1.807) is 0 Å². The third-order valence-electron chi connectivity index (χ3n) is 4.83. The lowest BCUT2D eigenvalue weighted by molar-refractivity contribution is -0.0328. The molecule has 0 aromatic heterocycles. The maximum atomic E-state index is 10.5. The number of hydrogen-bond acceptors (Lipinski definition) is 2. The van der Waals surface area contributed by atoms with Gasteiger partial charge in [0, 0.05) is 18.0 Å². The van der Waals surface area contributed by atoms with Crippen LogP contribution in [-0.2, 0) is 0 Å². The van der Waals surface area contributed by atoms with Gasteiger partial charge in [0.05, 0.1) is 6.10 Å². The van der Waals surface area contributed by atoms with Gasteiger partial charge in [0.25, 0.3) is 0 Å². The summed E-state index contributed by atoms with van der Waals surface area (Å²) in [7, 11) is 2.18. The molecule has 0 aliphatic carbocycles. The molecule has 4 atom stereocenters. The van der Waals surface area contributed by atoms with Crippen molar-refractivity contribution in [3.8, 4) is 0 Å². The Morgan fingerprint density at radius 3 is 2.00 bits per heavy atom. The van der Waals surface area contributed by atoms with Crippen LogP contribution in [0.3, 0.4) is 0 Å². The van der Waals surface area contributed by atoms with E-state index in [0.717, 1.165) is 6.42 Å². The van der Waals surface area contributed by atoms with E-state index in [2.05, 4.69) is 67.4 Å². The van der Waals surface area contributed by atoms with Crippen molar-refractivity contribution in [1.29, 1.82) is 0 Å². The molecule has 1 aliphatic rings. The Morgan fingerprint density at radius 2 is 1.43 bits per heavy atom. The molecule has 0 unspecified atom stereocenters. The Kier molecular flexibility index (Phi) is 4.09. The van der Waals surface area contributed by atoms with Crippen LogP contribution in [0.1, 0.15) is 36.6 Å². The molecule has 2 heteroatoms. The molecule has 0 saturated carbocycles. The molecule has 2 aromatic rings. The first-order valence-electron chi connectivity index (χ1n) is 7.68. The summed E-state index contributed by atoms with van der Waals surface area (Å²) in [5, 5.41) is 10.5. The zero-order chi connectivity index (χ0) is 14.8. The van der Waals surface area contributed by atoms with Gasteiger partial charge in [-0.05, 0) is 24.6 Å². The van der Waals surface area contributed by atoms with E-state index in [-0.39, 0.29) is 24.1 Å². The van der Waals surface area contributed by atoms with E-state index in [9.17, 15) is 5.11 Å². The van der Waals surface area contributed by atoms with Gasteiger partial charge < -0.3 is 5.11 Å². The van der Waals surface area contributed by atoms with Crippen molar-refractivity contribution in [3.05, 3.63) is 71.8 Å². The summed E-state index contributed by atoms with van der Waals surface area (Å²) in [6, 6.07) is 21.6. The maximum absolute atomic E-state index is 10.5. The third-order valence-corrected chi connectivity index (χ3v) is 4.83. The van der Waals surface area contributed by atoms with Crippen LogP contribution >= 0.6 is 0 Å². The Hall–Kier alpha value is -1.64. The lowest BCUT2D eigenvalue weighted by Crippen LogP contribution is -2.44. The van der Waals surface area contributed by atoms with E-state index in [1.807, 2.05) is 12.1 Å². The molecule has 1 heterocycles. The number of piperidine rings is 1. The molecule has 1 N–H and O–H groups in total. The van der Waals surface area contributed by atoms with Crippen LogP contribution in [0.25, 0.3) is 0 Å². The number of likely N-dealkylation sites (tertiary alicyclic amines) is 1. The highest BCUT2D eigenvalue weighted by atomic mass is 16.3. The van der Waals surface area contributed by atoms with Gasteiger partial charge in [-0.25, -0.2) is 0 Å². The minimum Gasteiger partial charge on any atom is -0.393 e. The average Bonchev–Trinajstić information content (AvgIpc) is 2.53. The fraction of sp³-hybridized carbons (Fsp3) is 0.368. The van der Waals surface area contributed by atoms with Gasteiger partial charge >= 0.3 is 0 Å². The SMILES string of the molecule is C[C@@H]1[C@H](O)C[C@@H](c2ccccc2)N(C)[C@H]1c1ccccc1. The summed E-state index contributed by atoms with van der Waals surface area (Å²) >= 11 is 0. The van der Waals surface area contributed by atoms with E-state index in [1.165, 1.54) is 11.1 Å². The van der Waals surface area contributed by atoms with Gasteiger partial charge in [-0.15, -0.1) is 0 Å². The molecule has 21 heavy (non-hydrogen) atoms. The van der Waals surface area contributed by atoms with Crippen molar-refractivity contribution in [1.82, 2.24) is 4.90 Å². The summed E-state index contributed by atoms with van der Waals surface area (Å²) in [6.45, 7) is 2.15. The smallest absolute Gasteiger partial charge is 0.0602 e. The standard InChI is InChI=1S/C19H23NO/c1-14-18(21)13-17(15-9-5-3-6-10-15)20(2)19(14)16-11-7-4-8-12-16/h3-12,14,17-19,21H,13H2,1-2H3/t14-,17+,18-,19-/m1/s1. The maximum Gasteiger partial charge on any atom is 0.0602 e. The molecule has 0 radical (unpaired) electrons. The summed E-state index contributed by atoms with van der Waals surface area (Å²) in [4.78, 5) is 2.42. The van der Waals surface area contributed by atoms with Crippen LogP contribution in [0.4, 0.5) is 0 Å². The number of nitrogens with zero attached hydrogens (tertiary/aromatic N) is 1. The highest BCUT2D eigenvalue weighted by molar-refractivity contribution is 5.25. The average molecular weight is 281 g/mol. The van der Waals surface area contributed by atoms with Crippen LogP contribution in [0.5, 0.6) is 0 Å². The van der Waals surface area contributed by atoms with Crippen molar-refractivity contribution in [2.75, 3.05) is 7.05 Å². The van der Waals surface area contributed by atoms with Crippen LogP contribution in [0.15, 0.2) is 60.7 Å². The number of rotatable bonds is 2. The van der Waals surface area contributed by atoms with Gasteiger partial charge in [-0.3, -0.25) is 4.90 Å². The van der Waals surface area contributed by atoms with Crippen LogP contribution < -0.4 is 0 Å². The van der Waals surface area contributed by atoms with Crippen molar-refractivity contribution in [2.24, 2.45) is 5.92 Å². The van der Waals surface area contributed by atoms with Gasteiger partial charge in [-0.1, -0.05) is 67.6 Å². The first-order valence-corrected chi connectivity index (χ1v) is 7.68. The quantitative estimate of drug-likeness (QED) is 0.905. The Balaban J connectivity index is 1.96. The van der Waals surface area contributed by atoms with Crippen LogP contribution in [-0.4, -0.2) is 23.2 Å². The summed E-state index contributed by atoms with van der Waals surface area (Å²) in [6.07, 6.45) is 0.530. The Morgan fingerprint density at radius 1 is 0.905 bits per heavy atom. The minimum absolute atomic E-state index is 0.234. The second kappa shape index (κ2) is 6.00. The predicted molar refractivity (Wildman–Crippen MR) is 85.9 cm³/mol. The van der Waals surface area contributed by atoms with Crippen LogP contribution in [0, 0.1) is 5.92 Å². The molecule has 0 spiro atoms. The van der Waals surface area contributed by atoms with Crippen molar-refractivity contribution >= 4 is 0 Å². The highest BCUT2D eigenvalue weighted by Crippen LogP contribution is 2.43. The fourth-order valence-corrected chi connectivity index (χ4v) is 3.62. The first-order chi connectivity index (χ1) is 10.2. The molecule has 2 aromatic carbocycles. The van der Waals surface area contributed by atoms with E-state index in [0.29, 0.717) is 0 Å². The molecular weight excluding hydrogens is 258 g/mol. The molecule has 110 valence electrons. The Labute approximate surface area is 127 Å². The van der Waals surface area contributed by atoms with Crippen LogP contribution in [0.2, 0.25) is 0 Å². The Bertz CT molecular complexity index is 569. The number of aliphatic hydroxyl groups is 1. The summed E-state index contributed by atoms with van der Waals surface area (Å²) < 4.78 is 0. The summed E-state index contributed by atoms with van der Waals surface area (Å²) in [5.41, 5.74) is 2.57. The normalized spacial score (nSPS) is 30.2. The fourth-order valence-electron chi connectivity index (χ4n) is 3.62. The molecule has 1 aliphatic heterocycles. The zero-order valence-electron chi connectivity index (χ0n) is 12.7. The molecule has 0 bridgehead atoms. The lowest BCUT2D eigenvalue weighted by Gasteiger charge is -2.46. The minimum atomic E-state index is -0.267. The van der Waals surface area contributed by atoms with Gasteiger partial charge in [0.1, 0.15) is 0 Å². The predicted octanol–water partition coefficient (Wildman–Crippen LogP) is 3.80. The largest absolute Gasteiger partial charge is 0.393 e. The highest BCUT2D eigenvalue weighted by Gasteiger charge is 2.39. The number of aliphatic hydroxyl groups excluding tert-OH is 1. The number of benzene rings is 2. The van der Waals surface area contributed by atoms with Gasteiger partial charge in [0.15, 0.2) is 0 Å². The van der Waals surface area contributed by atoms with E-state index in [4.69, 9.17) is 0 Å². The molecule has 1 fully saturated rings. The molecule has 2 nitrogen and oxygen atoms in total. The van der Waals surface area contributed by atoms with Gasteiger partial charge in [-0.2, -0.15) is 0 Å². The second-order valence-electron chi connectivity index (χ2n) is 6.11. The molecule has 3 rings (SSSR count). The van der Waals surface area contributed by atoms with Crippen molar-refractivity contribution < 1.29 is 5.11 Å². The first kappa shape index (κ1) is 14.3.